The standard InChI is InChI=1S/C16H22FN5O5/c17-15(25)27-9-10-3-5-11(6-4-10)21-14(24)12(22-13(23)8-18)2-1-7-20-16(19)26/h3-6,12H,1-2,7-9,18H2,(H,21,24)(H,22,23)(H3,19,20,26). The summed E-state index contributed by atoms with van der Waals surface area (Å²) in [6.45, 7) is -0.253. The van der Waals surface area contributed by atoms with E-state index in [-0.39, 0.29) is 26.1 Å². The summed E-state index contributed by atoms with van der Waals surface area (Å²) in [4.78, 5) is 44.7. The molecule has 0 spiro atoms. The van der Waals surface area contributed by atoms with Crippen molar-refractivity contribution in [2.45, 2.75) is 25.5 Å². The summed E-state index contributed by atoms with van der Waals surface area (Å²) in [7, 11) is 0. The molecule has 27 heavy (non-hydrogen) atoms. The lowest BCUT2D eigenvalue weighted by atomic mass is 10.1. The molecule has 0 heterocycles. The number of hydrogen-bond acceptors (Lipinski definition) is 6. The second kappa shape index (κ2) is 11.4. The van der Waals surface area contributed by atoms with Crippen LogP contribution in [0.15, 0.2) is 24.3 Å². The van der Waals surface area contributed by atoms with Crippen LogP contribution in [0.2, 0.25) is 0 Å². The summed E-state index contributed by atoms with van der Waals surface area (Å²) in [5, 5.41) is 7.51. The number of primary amides is 1. The van der Waals surface area contributed by atoms with Gasteiger partial charge in [0, 0.05) is 12.2 Å². The van der Waals surface area contributed by atoms with Crippen LogP contribution >= 0.6 is 0 Å². The molecule has 11 heteroatoms. The number of hydrogen-bond donors (Lipinski definition) is 5. The van der Waals surface area contributed by atoms with Crippen LogP contribution in [0.5, 0.6) is 0 Å². The average Bonchev–Trinajstić information content (AvgIpc) is 2.63. The highest BCUT2D eigenvalue weighted by Gasteiger charge is 2.20. The highest BCUT2D eigenvalue weighted by molar-refractivity contribution is 5.97. The van der Waals surface area contributed by atoms with Crippen LogP contribution in [-0.2, 0) is 20.9 Å². The van der Waals surface area contributed by atoms with E-state index in [1.807, 2.05) is 0 Å². The Morgan fingerprint density at radius 2 is 1.81 bits per heavy atom. The van der Waals surface area contributed by atoms with Crippen molar-refractivity contribution in [2.24, 2.45) is 11.5 Å². The highest BCUT2D eigenvalue weighted by atomic mass is 19.1. The molecule has 1 aromatic rings. The molecular weight excluding hydrogens is 361 g/mol. The van der Waals surface area contributed by atoms with Crippen molar-refractivity contribution in [2.75, 3.05) is 18.4 Å². The molecule has 148 valence electrons. The number of anilines is 1. The molecule has 0 saturated heterocycles. The van der Waals surface area contributed by atoms with Gasteiger partial charge in [-0.1, -0.05) is 12.1 Å². The predicted molar refractivity (Wildman–Crippen MR) is 94.2 cm³/mol. The molecule has 0 aliphatic carbocycles. The van der Waals surface area contributed by atoms with Gasteiger partial charge in [-0.25, -0.2) is 9.59 Å². The van der Waals surface area contributed by atoms with Crippen molar-refractivity contribution in [1.82, 2.24) is 10.6 Å². The fourth-order valence-electron chi connectivity index (χ4n) is 2.09. The van der Waals surface area contributed by atoms with E-state index < -0.39 is 30.1 Å². The van der Waals surface area contributed by atoms with Gasteiger partial charge in [-0.3, -0.25) is 9.59 Å². The van der Waals surface area contributed by atoms with Crippen molar-refractivity contribution in [3.8, 4) is 0 Å². The van der Waals surface area contributed by atoms with Crippen LogP contribution in [0.25, 0.3) is 0 Å². The maximum absolute atomic E-state index is 12.4. The predicted octanol–water partition coefficient (Wildman–Crippen LogP) is 0.123. The van der Waals surface area contributed by atoms with E-state index in [1.54, 1.807) is 12.1 Å². The van der Waals surface area contributed by atoms with Gasteiger partial charge < -0.3 is 32.2 Å². The molecule has 0 aliphatic rings. The largest absolute Gasteiger partial charge is 0.495 e. The molecule has 1 unspecified atom stereocenters. The Labute approximate surface area is 154 Å². The Bertz CT molecular complexity index is 668. The Kier molecular flexibility index (Phi) is 9.23. The maximum Gasteiger partial charge on any atom is 0.495 e. The van der Waals surface area contributed by atoms with Gasteiger partial charge in [0.2, 0.25) is 11.8 Å². The van der Waals surface area contributed by atoms with Crippen molar-refractivity contribution >= 4 is 29.8 Å². The summed E-state index contributed by atoms with van der Waals surface area (Å²) in [6.07, 6.45) is -1.22. The van der Waals surface area contributed by atoms with E-state index in [4.69, 9.17) is 11.5 Å². The lowest BCUT2D eigenvalue weighted by Crippen LogP contribution is -2.46. The lowest BCUT2D eigenvalue weighted by Gasteiger charge is -2.18. The van der Waals surface area contributed by atoms with E-state index in [2.05, 4.69) is 20.7 Å². The normalized spacial score (nSPS) is 11.2. The maximum atomic E-state index is 12.4. The van der Waals surface area contributed by atoms with Gasteiger partial charge >= 0.3 is 12.3 Å². The van der Waals surface area contributed by atoms with Crippen LogP contribution < -0.4 is 27.4 Å². The van der Waals surface area contributed by atoms with Gasteiger partial charge in [-0.2, -0.15) is 0 Å². The van der Waals surface area contributed by atoms with Crippen LogP contribution in [0.3, 0.4) is 0 Å². The van der Waals surface area contributed by atoms with E-state index >= 15 is 0 Å². The van der Waals surface area contributed by atoms with Gasteiger partial charge in [0.1, 0.15) is 12.6 Å². The van der Waals surface area contributed by atoms with Crippen LogP contribution in [0, 0.1) is 0 Å². The minimum absolute atomic E-state index is 0.231. The van der Waals surface area contributed by atoms with Crippen molar-refractivity contribution in [3.05, 3.63) is 29.8 Å². The summed E-state index contributed by atoms with van der Waals surface area (Å²) in [6, 6.07) is 4.63. The number of urea groups is 1. The third kappa shape index (κ3) is 9.16. The van der Waals surface area contributed by atoms with Crippen molar-refractivity contribution in [3.63, 3.8) is 0 Å². The minimum atomic E-state index is -1.88. The number of nitrogens with one attached hydrogen (secondary N) is 3. The SMILES string of the molecule is NCC(=O)NC(CCCNC(N)=O)C(=O)Nc1ccc(COC(=O)F)cc1. The zero-order valence-corrected chi connectivity index (χ0v) is 14.5. The average molecular weight is 383 g/mol. The molecule has 0 saturated carbocycles. The first-order chi connectivity index (χ1) is 12.8. The van der Waals surface area contributed by atoms with E-state index in [0.29, 0.717) is 17.7 Å². The zero-order valence-electron chi connectivity index (χ0n) is 14.5. The molecule has 0 bridgehead atoms. The second-order valence-corrected chi connectivity index (χ2v) is 5.47. The Morgan fingerprint density at radius 3 is 2.37 bits per heavy atom. The summed E-state index contributed by atoms with van der Waals surface area (Å²) in [5.41, 5.74) is 11.2. The second-order valence-electron chi connectivity index (χ2n) is 5.47. The summed E-state index contributed by atoms with van der Waals surface area (Å²) in [5.74, 6) is -0.972. The molecule has 0 aromatic heterocycles. The molecule has 0 aliphatic heterocycles. The quantitative estimate of drug-likeness (QED) is 0.284. The van der Waals surface area contributed by atoms with E-state index in [1.165, 1.54) is 12.1 Å². The van der Waals surface area contributed by atoms with Crippen LogP contribution in [0.1, 0.15) is 18.4 Å². The number of benzene rings is 1. The number of amides is 4. The zero-order chi connectivity index (χ0) is 20.2. The molecule has 1 rings (SSSR count). The number of halogens is 1. The molecule has 10 nitrogen and oxygen atoms in total. The molecular formula is C16H22FN5O5. The molecule has 0 fully saturated rings. The Morgan fingerprint density at radius 1 is 1.15 bits per heavy atom. The lowest BCUT2D eigenvalue weighted by molar-refractivity contribution is -0.125. The minimum Gasteiger partial charge on any atom is -0.435 e. The topological polar surface area (TPSA) is 166 Å². The van der Waals surface area contributed by atoms with Gasteiger partial charge in [-0.15, -0.1) is 4.39 Å². The molecule has 7 N–H and O–H groups in total. The van der Waals surface area contributed by atoms with E-state index in [9.17, 15) is 23.6 Å². The van der Waals surface area contributed by atoms with Gasteiger partial charge in [0.05, 0.1) is 6.54 Å². The van der Waals surface area contributed by atoms with E-state index in [0.717, 1.165) is 0 Å². The van der Waals surface area contributed by atoms with Crippen LogP contribution in [0.4, 0.5) is 19.7 Å². The molecule has 0 radical (unpaired) electrons. The monoisotopic (exact) mass is 383 g/mol. The van der Waals surface area contributed by atoms with Crippen molar-refractivity contribution < 1.29 is 28.3 Å². The molecule has 4 amide bonds. The van der Waals surface area contributed by atoms with Gasteiger partial charge in [0.15, 0.2) is 0 Å². The Balaban J connectivity index is 2.63. The third-order valence-corrected chi connectivity index (χ3v) is 3.38. The number of carbonyl (C=O) groups excluding carboxylic acids is 4. The number of carbonyl (C=O) groups is 4. The van der Waals surface area contributed by atoms with Gasteiger partial charge in [0.25, 0.3) is 0 Å². The fourth-order valence-corrected chi connectivity index (χ4v) is 2.09. The highest BCUT2D eigenvalue weighted by Crippen LogP contribution is 2.12. The Hall–Kier alpha value is -3.21. The first kappa shape index (κ1) is 21.8. The summed E-state index contributed by atoms with van der Waals surface area (Å²) >= 11 is 0. The number of ether oxygens (including phenoxy) is 1. The smallest absolute Gasteiger partial charge is 0.435 e. The van der Waals surface area contributed by atoms with Crippen molar-refractivity contribution in [1.29, 1.82) is 0 Å². The number of nitrogens with two attached hydrogens (primary N) is 2. The first-order valence-electron chi connectivity index (χ1n) is 8.06. The third-order valence-electron chi connectivity index (χ3n) is 3.38. The van der Waals surface area contributed by atoms with Crippen LogP contribution in [-0.4, -0.2) is 43.2 Å². The molecule has 1 aromatic carbocycles. The summed E-state index contributed by atoms with van der Waals surface area (Å²) < 4.78 is 16.3. The fraction of sp³-hybridized carbons (Fsp3) is 0.375. The number of rotatable bonds is 10. The molecule has 1 atom stereocenters. The van der Waals surface area contributed by atoms with Gasteiger partial charge in [-0.05, 0) is 30.5 Å². The first-order valence-corrected chi connectivity index (χ1v) is 8.06.